The number of hydrogen-bond donors (Lipinski definition) is 0. The molecule has 0 bridgehead atoms. The molecule has 0 aliphatic rings. The maximum Gasteiger partial charge on any atom is 0.112 e. The molecule has 0 amide bonds. The fourth-order valence-corrected chi connectivity index (χ4v) is 0.696. The summed E-state index contributed by atoms with van der Waals surface area (Å²) in [5.41, 5.74) is 0. The second-order valence-corrected chi connectivity index (χ2v) is 2.31. The van der Waals surface area contributed by atoms with Gasteiger partial charge in [0.05, 0.1) is 6.01 Å². The minimum Gasteiger partial charge on any atom is -0.287 e. The molecule has 0 N–H and O–H groups in total. The first-order valence-electron chi connectivity index (χ1n) is 3.42. The van der Waals surface area contributed by atoms with Gasteiger partial charge in [-0.1, -0.05) is 6.92 Å². The number of hydrogen-bond acceptors (Lipinski definition) is 3. The van der Waals surface area contributed by atoms with E-state index in [9.17, 15) is 0 Å². The van der Waals surface area contributed by atoms with Gasteiger partial charge in [-0.3, -0.25) is 4.90 Å². The molecular weight excluding hydrogens is 162 g/mol. The first-order valence-corrected chi connectivity index (χ1v) is 3.42. The molecule has 3 nitrogen and oxygen atoms in total. The summed E-state index contributed by atoms with van der Waals surface area (Å²) in [6.07, 6.45) is 1.22. The Morgan fingerprint density at radius 3 is 2.27 bits per heavy atom. The van der Waals surface area contributed by atoms with Crippen LogP contribution >= 0.6 is 12.4 Å². The van der Waals surface area contributed by atoms with Gasteiger partial charge in [0.2, 0.25) is 0 Å². The molecule has 0 aromatic rings. The first-order chi connectivity index (χ1) is 4.72. The molecular formula is C7H16ClN3. The molecule has 0 radical (unpaired) electrons. The lowest BCUT2D eigenvalue weighted by atomic mass is 10.4. The van der Waals surface area contributed by atoms with Crippen LogP contribution in [0.1, 0.15) is 13.3 Å². The van der Waals surface area contributed by atoms with E-state index < -0.39 is 0 Å². The smallest absolute Gasteiger partial charge is 0.112 e. The van der Waals surface area contributed by atoms with Gasteiger partial charge < -0.3 is 0 Å². The number of halogens is 1. The van der Waals surface area contributed by atoms with Crippen molar-refractivity contribution < 1.29 is 0 Å². The van der Waals surface area contributed by atoms with Gasteiger partial charge in [-0.05, 0) is 20.5 Å². The van der Waals surface area contributed by atoms with E-state index >= 15 is 0 Å². The number of nitrogens with zero attached hydrogens (tertiary/aromatic N) is 3. The Morgan fingerprint density at radius 2 is 2.00 bits per heavy atom. The standard InChI is InChI=1S/C7H15N3.ClH/c1-5-7(10(3)4)9-6-8-2;/h7H,5H2,1-4H3;1H. The third-order valence-electron chi connectivity index (χ3n) is 1.27. The lowest BCUT2D eigenvalue weighted by Crippen LogP contribution is -2.24. The van der Waals surface area contributed by atoms with Gasteiger partial charge >= 0.3 is 0 Å². The Hall–Kier alpha value is -0.370. The highest BCUT2D eigenvalue weighted by Gasteiger charge is 2.03. The van der Waals surface area contributed by atoms with Crippen LogP contribution in [-0.4, -0.2) is 38.2 Å². The third-order valence-corrected chi connectivity index (χ3v) is 1.27. The zero-order chi connectivity index (χ0) is 7.98. The van der Waals surface area contributed by atoms with Crippen LogP contribution < -0.4 is 0 Å². The summed E-state index contributed by atoms with van der Waals surface area (Å²) >= 11 is 0. The van der Waals surface area contributed by atoms with Crippen LogP contribution in [0.4, 0.5) is 0 Å². The van der Waals surface area contributed by atoms with Gasteiger partial charge in [0.15, 0.2) is 0 Å². The van der Waals surface area contributed by atoms with Crippen molar-refractivity contribution in [1.29, 1.82) is 0 Å². The van der Waals surface area contributed by atoms with Crippen LogP contribution in [0.15, 0.2) is 9.98 Å². The van der Waals surface area contributed by atoms with E-state index in [0.717, 1.165) is 6.42 Å². The average molecular weight is 178 g/mol. The van der Waals surface area contributed by atoms with E-state index in [1.807, 2.05) is 19.0 Å². The largest absolute Gasteiger partial charge is 0.287 e. The highest BCUT2D eigenvalue weighted by molar-refractivity contribution is 5.85. The van der Waals surface area contributed by atoms with Crippen LogP contribution in [0.3, 0.4) is 0 Å². The van der Waals surface area contributed by atoms with Crippen LogP contribution in [0, 0.1) is 0 Å². The molecule has 4 heteroatoms. The monoisotopic (exact) mass is 177 g/mol. The van der Waals surface area contributed by atoms with Gasteiger partial charge in [0.1, 0.15) is 6.17 Å². The summed E-state index contributed by atoms with van der Waals surface area (Å²) in [6, 6.07) is 2.59. The summed E-state index contributed by atoms with van der Waals surface area (Å²) in [7, 11) is 5.66. The van der Waals surface area contributed by atoms with Crippen molar-refractivity contribution in [3.63, 3.8) is 0 Å². The predicted molar refractivity (Wildman–Crippen MR) is 50.8 cm³/mol. The van der Waals surface area contributed by atoms with Crippen molar-refractivity contribution in [1.82, 2.24) is 4.90 Å². The quantitative estimate of drug-likeness (QED) is 0.601. The number of aliphatic imine (C=N–C) groups is 2. The average Bonchev–Trinajstić information content (AvgIpc) is 1.89. The summed E-state index contributed by atoms with van der Waals surface area (Å²) < 4.78 is 0. The van der Waals surface area contributed by atoms with Crippen LogP contribution in [0.25, 0.3) is 0 Å². The normalized spacial score (nSPS) is 11.4. The molecule has 0 heterocycles. The van der Waals surface area contributed by atoms with Crippen molar-refractivity contribution >= 4 is 18.4 Å². The molecule has 1 unspecified atom stereocenters. The van der Waals surface area contributed by atoms with Gasteiger partial charge in [-0.2, -0.15) is 0 Å². The predicted octanol–water partition coefficient (Wildman–Crippen LogP) is 1.51. The summed E-state index contributed by atoms with van der Waals surface area (Å²) in [6.45, 7) is 2.09. The second kappa shape index (κ2) is 7.73. The fourth-order valence-electron chi connectivity index (χ4n) is 0.696. The molecule has 0 fully saturated rings. The maximum atomic E-state index is 4.07. The first kappa shape index (κ1) is 13.2. The molecule has 0 saturated heterocycles. The van der Waals surface area contributed by atoms with Gasteiger partial charge in [-0.15, -0.1) is 12.4 Å². The Kier molecular flexibility index (Phi) is 9.31. The Bertz CT molecular complexity index is 139. The Morgan fingerprint density at radius 1 is 1.45 bits per heavy atom. The van der Waals surface area contributed by atoms with Crippen molar-refractivity contribution in [3.05, 3.63) is 0 Å². The van der Waals surface area contributed by atoms with Gasteiger partial charge in [-0.25, -0.2) is 9.98 Å². The zero-order valence-electron chi connectivity index (χ0n) is 7.53. The molecule has 0 aliphatic heterocycles. The van der Waals surface area contributed by atoms with Gasteiger partial charge in [0.25, 0.3) is 0 Å². The van der Waals surface area contributed by atoms with Crippen molar-refractivity contribution in [2.45, 2.75) is 19.5 Å². The Labute approximate surface area is 74.6 Å². The number of rotatable bonds is 3. The van der Waals surface area contributed by atoms with E-state index in [1.165, 1.54) is 0 Å². The summed E-state index contributed by atoms with van der Waals surface area (Å²) in [5.74, 6) is 0. The molecule has 0 aromatic heterocycles. The lowest BCUT2D eigenvalue weighted by molar-refractivity contribution is 0.296. The second-order valence-electron chi connectivity index (χ2n) is 2.31. The molecule has 1 atom stereocenters. The molecule has 0 rings (SSSR count). The van der Waals surface area contributed by atoms with Crippen LogP contribution in [0.5, 0.6) is 0 Å². The molecule has 66 valence electrons. The van der Waals surface area contributed by atoms with Crippen LogP contribution in [0.2, 0.25) is 0 Å². The van der Waals surface area contributed by atoms with E-state index in [2.05, 4.69) is 22.9 Å². The minimum absolute atomic E-state index is 0. The van der Waals surface area contributed by atoms with E-state index in [4.69, 9.17) is 0 Å². The Balaban J connectivity index is 0. The van der Waals surface area contributed by atoms with Crippen molar-refractivity contribution in [2.24, 2.45) is 9.98 Å². The molecule has 0 aliphatic carbocycles. The minimum atomic E-state index is 0. The van der Waals surface area contributed by atoms with Crippen molar-refractivity contribution in [2.75, 3.05) is 21.1 Å². The highest BCUT2D eigenvalue weighted by atomic mass is 35.5. The van der Waals surface area contributed by atoms with E-state index in [1.54, 1.807) is 7.05 Å². The SMILES string of the molecule is CCC(N=C=NC)N(C)C.Cl. The lowest BCUT2D eigenvalue weighted by Gasteiger charge is -2.15. The van der Waals surface area contributed by atoms with E-state index in [-0.39, 0.29) is 18.6 Å². The molecule has 11 heavy (non-hydrogen) atoms. The summed E-state index contributed by atoms with van der Waals surface area (Å²) in [4.78, 5) is 9.77. The molecule has 0 spiro atoms. The molecule has 0 saturated carbocycles. The topological polar surface area (TPSA) is 28.0 Å². The highest BCUT2D eigenvalue weighted by Crippen LogP contribution is 1.97. The van der Waals surface area contributed by atoms with Crippen molar-refractivity contribution in [3.8, 4) is 0 Å². The molecule has 0 aromatic carbocycles. The summed E-state index contributed by atoms with van der Waals surface area (Å²) in [5, 5.41) is 0. The van der Waals surface area contributed by atoms with Gasteiger partial charge in [0, 0.05) is 7.05 Å². The van der Waals surface area contributed by atoms with E-state index in [0.29, 0.717) is 0 Å². The third kappa shape index (κ3) is 6.05. The maximum absolute atomic E-state index is 4.07. The zero-order valence-corrected chi connectivity index (χ0v) is 8.35. The van der Waals surface area contributed by atoms with Crippen LogP contribution in [-0.2, 0) is 0 Å². The fraction of sp³-hybridized carbons (Fsp3) is 0.857.